The van der Waals surface area contributed by atoms with Crippen molar-refractivity contribution in [1.82, 2.24) is 0 Å². The molecule has 1 heterocycles. The van der Waals surface area contributed by atoms with E-state index in [0.29, 0.717) is 9.14 Å². The summed E-state index contributed by atoms with van der Waals surface area (Å²) >= 11 is 12.0. The Bertz CT molecular complexity index is 595. The Balaban J connectivity index is 2.47. The molecule has 0 radical (unpaired) electrons. The largest absolute Gasteiger partial charge is 0.446 e. The molecule has 0 spiro atoms. The predicted octanol–water partition coefficient (Wildman–Crippen LogP) is 4.83. The van der Waals surface area contributed by atoms with Crippen LogP contribution in [0, 0.1) is 5.82 Å². The summed E-state index contributed by atoms with van der Waals surface area (Å²) < 4.78 is 19.5. The van der Waals surface area contributed by atoms with E-state index in [1.807, 2.05) is 0 Å². The van der Waals surface area contributed by atoms with Crippen LogP contribution in [0.1, 0.15) is 16.1 Å². The van der Waals surface area contributed by atoms with E-state index in [1.165, 1.54) is 12.1 Å². The first-order valence-corrected chi connectivity index (χ1v) is 6.40. The van der Waals surface area contributed by atoms with Gasteiger partial charge in [-0.2, -0.15) is 0 Å². The Kier molecular flexibility index (Phi) is 3.70. The Morgan fingerprint density at radius 1 is 1.29 bits per heavy atom. The monoisotopic (exact) mass is 380 g/mol. The highest BCUT2D eigenvalue weighted by Crippen LogP contribution is 2.27. The third-order valence-corrected chi connectivity index (χ3v) is 3.67. The first-order chi connectivity index (χ1) is 7.99. The third kappa shape index (κ3) is 2.61. The third-order valence-electron chi connectivity index (χ3n) is 2.05. The lowest BCUT2D eigenvalue weighted by atomic mass is 10.1. The summed E-state index contributed by atoms with van der Waals surface area (Å²) in [7, 11) is 0. The van der Waals surface area contributed by atoms with Crippen LogP contribution in [0.2, 0.25) is 5.02 Å². The van der Waals surface area contributed by atoms with Gasteiger partial charge in [-0.25, -0.2) is 4.39 Å². The molecule has 0 aliphatic rings. The standard InChI is InChI=1S/C11H4Br2ClFO2/c12-6-4-8(15)5(3-7(6)14)11(16)9-1-2-10(13)17-9/h1-4H. The Hall–Kier alpha value is -0.650. The van der Waals surface area contributed by atoms with Gasteiger partial charge in [0.1, 0.15) is 5.82 Å². The molecule has 0 N–H and O–H groups in total. The molecule has 0 bridgehead atoms. The summed E-state index contributed by atoms with van der Waals surface area (Å²) in [5.74, 6) is -1.16. The van der Waals surface area contributed by atoms with Gasteiger partial charge in [0, 0.05) is 4.47 Å². The minimum absolute atomic E-state index is 0.0502. The second kappa shape index (κ2) is 4.92. The number of carbonyl (C=O) groups excluding carboxylic acids is 1. The lowest BCUT2D eigenvalue weighted by molar-refractivity contribution is 0.100. The highest BCUT2D eigenvalue weighted by Gasteiger charge is 2.19. The summed E-state index contributed by atoms with van der Waals surface area (Å²) in [6.45, 7) is 0. The van der Waals surface area contributed by atoms with Gasteiger partial charge in [0.2, 0.25) is 5.78 Å². The molecule has 0 saturated carbocycles. The molecule has 1 aromatic carbocycles. The smallest absolute Gasteiger partial charge is 0.231 e. The maximum Gasteiger partial charge on any atom is 0.231 e. The molecule has 1 aromatic heterocycles. The van der Waals surface area contributed by atoms with Crippen molar-refractivity contribution in [2.24, 2.45) is 0 Å². The Labute approximate surface area is 118 Å². The van der Waals surface area contributed by atoms with Crippen LogP contribution < -0.4 is 0 Å². The molecule has 6 heteroatoms. The molecule has 2 nitrogen and oxygen atoms in total. The van der Waals surface area contributed by atoms with Crippen molar-refractivity contribution in [3.63, 3.8) is 0 Å². The fraction of sp³-hybridized carbons (Fsp3) is 0. The number of furan rings is 1. The fourth-order valence-electron chi connectivity index (χ4n) is 1.27. The molecule has 2 aromatic rings. The molecule has 0 aliphatic carbocycles. The van der Waals surface area contributed by atoms with Gasteiger partial charge in [0.15, 0.2) is 10.4 Å². The van der Waals surface area contributed by atoms with Gasteiger partial charge >= 0.3 is 0 Å². The van der Waals surface area contributed by atoms with E-state index >= 15 is 0 Å². The van der Waals surface area contributed by atoms with Gasteiger partial charge in [-0.3, -0.25) is 4.79 Å². The van der Waals surface area contributed by atoms with Crippen LogP contribution in [0.25, 0.3) is 0 Å². The van der Waals surface area contributed by atoms with Gasteiger partial charge in [-0.05, 0) is 56.1 Å². The highest BCUT2D eigenvalue weighted by atomic mass is 79.9. The van der Waals surface area contributed by atoms with Crippen LogP contribution >= 0.6 is 43.5 Å². The maximum atomic E-state index is 13.6. The molecule has 0 saturated heterocycles. The first-order valence-electron chi connectivity index (χ1n) is 4.43. The minimum atomic E-state index is -0.654. The number of carbonyl (C=O) groups is 1. The maximum absolute atomic E-state index is 13.6. The topological polar surface area (TPSA) is 30.2 Å². The highest BCUT2D eigenvalue weighted by molar-refractivity contribution is 9.10. The summed E-state index contributed by atoms with van der Waals surface area (Å²) in [6.07, 6.45) is 0. The zero-order valence-electron chi connectivity index (χ0n) is 8.14. The van der Waals surface area contributed by atoms with Crippen molar-refractivity contribution in [3.05, 3.63) is 55.6 Å². The number of halogens is 4. The summed E-state index contributed by atoms with van der Waals surface area (Å²) in [5.41, 5.74) is -0.125. The fourth-order valence-corrected chi connectivity index (χ4v) is 2.05. The Morgan fingerprint density at radius 2 is 2.00 bits per heavy atom. The molecule has 0 unspecified atom stereocenters. The van der Waals surface area contributed by atoms with Crippen LogP contribution in [0.15, 0.2) is 37.8 Å². The molecule has 88 valence electrons. The number of rotatable bonds is 2. The molecule has 0 amide bonds. The van der Waals surface area contributed by atoms with E-state index in [-0.39, 0.29) is 16.3 Å². The van der Waals surface area contributed by atoms with Crippen molar-refractivity contribution in [1.29, 1.82) is 0 Å². The van der Waals surface area contributed by atoms with Crippen molar-refractivity contribution >= 4 is 49.2 Å². The second-order valence-corrected chi connectivity index (χ2v) is 5.22. The lowest BCUT2D eigenvalue weighted by Crippen LogP contribution is -2.03. The van der Waals surface area contributed by atoms with Gasteiger partial charge in [-0.1, -0.05) is 11.6 Å². The van der Waals surface area contributed by atoms with Crippen molar-refractivity contribution in [3.8, 4) is 0 Å². The average Bonchev–Trinajstić information content (AvgIpc) is 2.69. The lowest BCUT2D eigenvalue weighted by Gasteiger charge is -2.02. The van der Waals surface area contributed by atoms with E-state index < -0.39 is 11.6 Å². The SMILES string of the molecule is O=C(c1ccc(Br)o1)c1cc(Cl)c(Br)cc1F. The normalized spacial score (nSPS) is 10.6. The first kappa shape index (κ1) is 12.8. The van der Waals surface area contributed by atoms with Crippen LogP contribution in [0.5, 0.6) is 0 Å². The minimum Gasteiger partial charge on any atom is -0.446 e. The van der Waals surface area contributed by atoms with Crippen LogP contribution in [-0.2, 0) is 0 Å². The zero-order valence-corrected chi connectivity index (χ0v) is 12.1. The van der Waals surface area contributed by atoms with Crippen LogP contribution in [0.3, 0.4) is 0 Å². The quantitative estimate of drug-likeness (QED) is 0.550. The van der Waals surface area contributed by atoms with E-state index in [4.69, 9.17) is 16.0 Å². The number of ketones is 1. The van der Waals surface area contributed by atoms with E-state index in [0.717, 1.165) is 6.07 Å². The van der Waals surface area contributed by atoms with E-state index in [9.17, 15) is 9.18 Å². The summed E-state index contributed by atoms with van der Waals surface area (Å²) in [6, 6.07) is 5.43. The molecule has 0 aliphatic heterocycles. The number of benzene rings is 1. The van der Waals surface area contributed by atoms with E-state index in [1.54, 1.807) is 6.07 Å². The molecule has 0 fully saturated rings. The summed E-state index contributed by atoms with van der Waals surface area (Å²) in [5, 5.41) is 0.264. The van der Waals surface area contributed by atoms with Crippen molar-refractivity contribution in [2.45, 2.75) is 0 Å². The zero-order chi connectivity index (χ0) is 12.6. The second-order valence-electron chi connectivity index (χ2n) is 3.18. The summed E-state index contributed by atoms with van der Waals surface area (Å²) in [4.78, 5) is 11.9. The number of hydrogen-bond donors (Lipinski definition) is 0. The molecule has 0 atom stereocenters. The molecule has 2 rings (SSSR count). The van der Waals surface area contributed by atoms with Gasteiger partial charge < -0.3 is 4.42 Å². The molecule has 17 heavy (non-hydrogen) atoms. The average molecular weight is 382 g/mol. The molecular formula is C11H4Br2ClFO2. The van der Waals surface area contributed by atoms with Gasteiger partial charge in [0.25, 0.3) is 0 Å². The van der Waals surface area contributed by atoms with Gasteiger partial charge in [-0.15, -0.1) is 0 Å². The van der Waals surface area contributed by atoms with Crippen LogP contribution in [0.4, 0.5) is 4.39 Å². The van der Waals surface area contributed by atoms with Crippen molar-refractivity contribution in [2.75, 3.05) is 0 Å². The van der Waals surface area contributed by atoms with Gasteiger partial charge in [0.05, 0.1) is 10.6 Å². The van der Waals surface area contributed by atoms with E-state index in [2.05, 4.69) is 31.9 Å². The van der Waals surface area contributed by atoms with Crippen molar-refractivity contribution < 1.29 is 13.6 Å². The number of hydrogen-bond acceptors (Lipinski definition) is 2. The predicted molar refractivity (Wildman–Crippen MR) is 69.0 cm³/mol. The Morgan fingerprint density at radius 3 is 2.59 bits per heavy atom. The molecular weight excluding hydrogens is 378 g/mol. The van der Waals surface area contributed by atoms with Crippen LogP contribution in [-0.4, -0.2) is 5.78 Å².